The van der Waals surface area contributed by atoms with Gasteiger partial charge in [-0.25, -0.2) is 0 Å². The van der Waals surface area contributed by atoms with E-state index in [4.69, 9.17) is 10.5 Å². The van der Waals surface area contributed by atoms with Crippen LogP contribution >= 0.6 is 0 Å². The Morgan fingerprint density at radius 3 is 2.71 bits per heavy atom. The van der Waals surface area contributed by atoms with Crippen molar-refractivity contribution in [3.05, 3.63) is 23.8 Å². The quantitative estimate of drug-likeness (QED) is 0.791. The number of anilines is 2. The molecule has 0 unspecified atom stereocenters. The molecule has 1 fully saturated rings. The average molecular weight is 234 g/mol. The lowest BCUT2D eigenvalue weighted by Crippen LogP contribution is -2.33. The predicted molar refractivity (Wildman–Crippen MR) is 72.2 cm³/mol. The summed E-state index contributed by atoms with van der Waals surface area (Å²) >= 11 is 0. The molecule has 3 heteroatoms. The fourth-order valence-corrected chi connectivity index (χ4v) is 2.14. The van der Waals surface area contributed by atoms with E-state index < -0.39 is 0 Å². The van der Waals surface area contributed by atoms with E-state index in [1.165, 1.54) is 0 Å². The molecule has 0 aliphatic carbocycles. The highest BCUT2D eigenvalue weighted by molar-refractivity contribution is 5.56. The van der Waals surface area contributed by atoms with Gasteiger partial charge in [-0.3, -0.25) is 0 Å². The normalized spacial score (nSPS) is 18.9. The molecule has 3 nitrogen and oxygen atoms in total. The fraction of sp³-hybridized carbons (Fsp3) is 0.571. The molecule has 1 aliphatic rings. The first-order valence-corrected chi connectivity index (χ1v) is 6.27. The lowest BCUT2D eigenvalue weighted by Gasteiger charge is -2.34. The zero-order valence-corrected chi connectivity index (χ0v) is 10.8. The van der Waals surface area contributed by atoms with E-state index in [1.54, 1.807) is 0 Å². The Bertz CT molecular complexity index is 384. The van der Waals surface area contributed by atoms with Crippen LogP contribution < -0.4 is 11.1 Å². The third-order valence-electron chi connectivity index (χ3n) is 3.69. The SMILES string of the molecule is Cc1cc(NCC2(C)CCOCC2)ccc1N. The zero-order valence-electron chi connectivity index (χ0n) is 10.8. The van der Waals surface area contributed by atoms with Gasteiger partial charge in [-0.1, -0.05) is 6.92 Å². The van der Waals surface area contributed by atoms with Crippen molar-refractivity contribution < 1.29 is 4.74 Å². The van der Waals surface area contributed by atoms with Crippen molar-refractivity contribution in [2.24, 2.45) is 5.41 Å². The lowest BCUT2D eigenvalue weighted by atomic mass is 9.82. The molecule has 1 aromatic carbocycles. The van der Waals surface area contributed by atoms with Crippen LogP contribution in [-0.4, -0.2) is 19.8 Å². The van der Waals surface area contributed by atoms with Crippen LogP contribution in [0, 0.1) is 12.3 Å². The molecule has 0 atom stereocenters. The summed E-state index contributed by atoms with van der Waals surface area (Å²) in [4.78, 5) is 0. The number of aryl methyl sites for hydroxylation is 1. The maximum atomic E-state index is 5.81. The van der Waals surface area contributed by atoms with Crippen molar-refractivity contribution in [3.8, 4) is 0 Å². The smallest absolute Gasteiger partial charge is 0.0471 e. The van der Waals surface area contributed by atoms with Crippen LogP contribution in [-0.2, 0) is 4.74 Å². The number of ether oxygens (including phenoxy) is 1. The number of nitrogens with two attached hydrogens (primary N) is 1. The van der Waals surface area contributed by atoms with E-state index in [-0.39, 0.29) is 0 Å². The van der Waals surface area contributed by atoms with Gasteiger partial charge in [0.2, 0.25) is 0 Å². The Kier molecular flexibility index (Phi) is 3.57. The predicted octanol–water partition coefficient (Wildman–Crippen LogP) is 2.81. The highest BCUT2D eigenvalue weighted by atomic mass is 16.5. The second-order valence-electron chi connectivity index (χ2n) is 5.35. The maximum absolute atomic E-state index is 5.81. The summed E-state index contributed by atoms with van der Waals surface area (Å²) in [5.74, 6) is 0. The third-order valence-corrected chi connectivity index (χ3v) is 3.69. The average Bonchev–Trinajstić information content (AvgIpc) is 2.32. The van der Waals surface area contributed by atoms with E-state index >= 15 is 0 Å². The number of nitrogens with one attached hydrogen (secondary N) is 1. The van der Waals surface area contributed by atoms with Crippen LogP contribution in [0.15, 0.2) is 18.2 Å². The third kappa shape index (κ3) is 3.13. The van der Waals surface area contributed by atoms with Crippen LogP contribution in [0.5, 0.6) is 0 Å². The fourth-order valence-electron chi connectivity index (χ4n) is 2.14. The summed E-state index contributed by atoms with van der Waals surface area (Å²) in [6.07, 6.45) is 2.27. The topological polar surface area (TPSA) is 47.3 Å². The second kappa shape index (κ2) is 4.96. The Hall–Kier alpha value is -1.22. The van der Waals surface area contributed by atoms with Crippen LogP contribution in [0.4, 0.5) is 11.4 Å². The highest BCUT2D eigenvalue weighted by Crippen LogP contribution is 2.30. The standard InChI is InChI=1S/C14H22N2O/c1-11-9-12(3-4-13(11)15)16-10-14(2)5-7-17-8-6-14/h3-4,9,16H,5-8,10,15H2,1-2H3. The van der Waals surface area contributed by atoms with Gasteiger partial charge in [-0.05, 0) is 48.9 Å². The molecule has 1 aromatic rings. The number of nitrogen functional groups attached to an aromatic ring is 1. The molecule has 0 spiro atoms. The molecular formula is C14H22N2O. The molecule has 0 radical (unpaired) electrons. The molecule has 17 heavy (non-hydrogen) atoms. The molecule has 94 valence electrons. The minimum Gasteiger partial charge on any atom is -0.399 e. The van der Waals surface area contributed by atoms with Gasteiger partial charge in [0.1, 0.15) is 0 Å². The largest absolute Gasteiger partial charge is 0.399 e. The maximum Gasteiger partial charge on any atom is 0.0471 e. The molecular weight excluding hydrogens is 212 g/mol. The van der Waals surface area contributed by atoms with Crippen molar-refractivity contribution in [2.75, 3.05) is 30.8 Å². The van der Waals surface area contributed by atoms with E-state index in [1.807, 2.05) is 19.1 Å². The monoisotopic (exact) mass is 234 g/mol. The van der Waals surface area contributed by atoms with Gasteiger partial charge < -0.3 is 15.8 Å². The van der Waals surface area contributed by atoms with Crippen LogP contribution in [0.25, 0.3) is 0 Å². The van der Waals surface area contributed by atoms with Crippen molar-refractivity contribution in [1.29, 1.82) is 0 Å². The van der Waals surface area contributed by atoms with Crippen molar-refractivity contribution in [1.82, 2.24) is 0 Å². The van der Waals surface area contributed by atoms with Gasteiger partial charge in [0.15, 0.2) is 0 Å². The van der Waals surface area contributed by atoms with E-state index in [9.17, 15) is 0 Å². The van der Waals surface area contributed by atoms with E-state index in [0.29, 0.717) is 5.41 Å². The molecule has 1 heterocycles. The Morgan fingerprint density at radius 2 is 2.06 bits per heavy atom. The summed E-state index contributed by atoms with van der Waals surface area (Å²) in [6, 6.07) is 6.12. The first-order chi connectivity index (χ1) is 8.09. The highest BCUT2D eigenvalue weighted by Gasteiger charge is 2.26. The summed E-state index contributed by atoms with van der Waals surface area (Å²) < 4.78 is 5.41. The first-order valence-electron chi connectivity index (χ1n) is 6.27. The summed E-state index contributed by atoms with van der Waals surface area (Å²) in [7, 11) is 0. The van der Waals surface area contributed by atoms with E-state index in [2.05, 4.69) is 18.3 Å². The van der Waals surface area contributed by atoms with Crippen LogP contribution in [0.3, 0.4) is 0 Å². The molecule has 0 bridgehead atoms. The molecule has 2 rings (SSSR count). The van der Waals surface area contributed by atoms with Crippen molar-refractivity contribution >= 4 is 11.4 Å². The first kappa shape index (κ1) is 12.2. The number of benzene rings is 1. The minimum absolute atomic E-state index is 0.355. The van der Waals surface area contributed by atoms with Crippen molar-refractivity contribution in [3.63, 3.8) is 0 Å². The van der Waals surface area contributed by atoms with Gasteiger partial charge >= 0.3 is 0 Å². The number of rotatable bonds is 3. The van der Waals surface area contributed by atoms with Gasteiger partial charge in [0, 0.05) is 31.1 Å². The van der Waals surface area contributed by atoms with Crippen LogP contribution in [0.2, 0.25) is 0 Å². The second-order valence-corrected chi connectivity index (χ2v) is 5.35. The molecule has 0 aromatic heterocycles. The molecule has 0 saturated carbocycles. The van der Waals surface area contributed by atoms with Gasteiger partial charge in [0.25, 0.3) is 0 Å². The number of hydrogen-bond donors (Lipinski definition) is 2. The molecule has 1 saturated heterocycles. The Balaban J connectivity index is 1.94. The summed E-state index contributed by atoms with van der Waals surface area (Å²) in [5.41, 5.74) is 9.31. The minimum atomic E-state index is 0.355. The Morgan fingerprint density at radius 1 is 1.35 bits per heavy atom. The lowest BCUT2D eigenvalue weighted by molar-refractivity contribution is 0.0300. The van der Waals surface area contributed by atoms with Gasteiger partial charge in [-0.15, -0.1) is 0 Å². The number of hydrogen-bond acceptors (Lipinski definition) is 3. The van der Waals surface area contributed by atoms with Gasteiger partial charge in [-0.2, -0.15) is 0 Å². The Labute approximate surface area is 103 Å². The van der Waals surface area contributed by atoms with Gasteiger partial charge in [0.05, 0.1) is 0 Å². The van der Waals surface area contributed by atoms with Crippen molar-refractivity contribution in [2.45, 2.75) is 26.7 Å². The molecule has 3 N–H and O–H groups in total. The molecule has 1 aliphatic heterocycles. The zero-order chi connectivity index (χ0) is 12.3. The summed E-state index contributed by atoms with van der Waals surface area (Å²) in [6.45, 7) is 7.14. The van der Waals surface area contributed by atoms with E-state index in [0.717, 1.165) is 49.5 Å². The van der Waals surface area contributed by atoms with Crippen LogP contribution in [0.1, 0.15) is 25.3 Å². The molecule has 0 amide bonds. The summed E-state index contributed by atoms with van der Waals surface area (Å²) in [5, 5.41) is 3.51.